The molecule has 1 aromatic rings. The minimum Gasteiger partial charge on any atom is -0.306 e. The second-order valence-corrected chi connectivity index (χ2v) is 8.41. The second kappa shape index (κ2) is 5.90. The van der Waals surface area contributed by atoms with Gasteiger partial charge in [-0.25, -0.2) is 8.42 Å². The molecule has 0 N–H and O–H groups in total. The van der Waals surface area contributed by atoms with Gasteiger partial charge in [0.1, 0.15) is 5.69 Å². The summed E-state index contributed by atoms with van der Waals surface area (Å²) in [5.74, 6) is -1.17. The molecule has 0 radical (unpaired) electrons. The summed E-state index contributed by atoms with van der Waals surface area (Å²) in [6.45, 7) is 0.0854. The molecule has 2 rings (SSSR count). The Morgan fingerprint density at radius 2 is 2.14 bits per heavy atom. The van der Waals surface area contributed by atoms with E-state index in [-0.39, 0.29) is 36.0 Å². The molecule has 0 aromatic heterocycles. The monoisotopic (exact) mass is 396 g/mol. The molecule has 1 aromatic carbocycles. The lowest BCUT2D eigenvalue weighted by Crippen LogP contribution is -2.26. The maximum atomic E-state index is 12.0. The largest absolute Gasteiger partial charge is 0.306 e. The Balaban J connectivity index is 2.33. The molecule has 1 aliphatic rings. The van der Waals surface area contributed by atoms with Crippen LogP contribution < -0.4 is 4.90 Å². The van der Waals surface area contributed by atoms with Crippen molar-refractivity contribution in [1.82, 2.24) is 0 Å². The topological polar surface area (TPSA) is 97.6 Å². The number of nitrogens with zero attached hydrogens (tertiary/aromatic N) is 2. The van der Waals surface area contributed by atoms with Gasteiger partial charge < -0.3 is 4.90 Å². The van der Waals surface area contributed by atoms with E-state index in [4.69, 9.17) is 10.7 Å². The van der Waals surface area contributed by atoms with Gasteiger partial charge in [-0.3, -0.25) is 14.9 Å². The smallest absolute Gasteiger partial charge is 0.293 e. The number of carbonyl (C=O) groups excluding carboxylic acids is 1. The van der Waals surface area contributed by atoms with Gasteiger partial charge in [0.25, 0.3) is 5.69 Å². The van der Waals surface area contributed by atoms with E-state index < -0.39 is 19.9 Å². The Morgan fingerprint density at radius 1 is 1.48 bits per heavy atom. The van der Waals surface area contributed by atoms with Crippen LogP contribution in [0.1, 0.15) is 6.42 Å². The van der Waals surface area contributed by atoms with Crippen LogP contribution in [-0.2, 0) is 13.8 Å². The summed E-state index contributed by atoms with van der Waals surface area (Å²) >= 11 is 3.20. The first-order chi connectivity index (χ1) is 9.67. The number of halogens is 2. The average molecular weight is 398 g/mol. The van der Waals surface area contributed by atoms with Gasteiger partial charge in [0.2, 0.25) is 15.0 Å². The summed E-state index contributed by atoms with van der Waals surface area (Å²) < 4.78 is 22.8. The summed E-state index contributed by atoms with van der Waals surface area (Å²) in [5.41, 5.74) is -0.0604. The number of hydrogen-bond donors (Lipinski definition) is 0. The molecular formula is C11H10BrClN2O5S. The number of amides is 1. The zero-order valence-corrected chi connectivity index (χ0v) is 13.7. The summed E-state index contributed by atoms with van der Waals surface area (Å²) in [6, 6.07) is 4.26. The molecule has 7 nitrogen and oxygen atoms in total. The molecule has 1 amide bonds. The highest BCUT2D eigenvalue weighted by Gasteiger charge is 2.36. The van der Waals surface area contributed by atoms with Gasteiger partial charge >= 0.3 is 0 Å². The molecular weight excluding hydrogens is 388 g/mol. The fraction of sp³-hybridized carbons (Fsp3) is 0.364. The molecule has 1 unspecified atom stereocenters. The number of benzene rings is 1. The molecule has 1 aliphatic heterocycles. The van der Waals surface area contributed by atoms with Gasteiger partial charge in [-0.2, -0.15) is 0 Å². The van der Waals surface area contributed by atoms with Gasteiger partial charge in [-0.1, -0.05) is 15.9 Å². The normalized spacial score (nSPS) is 19.0. The molecule has 10 heteroatoms. The Morgan fingerprint density at radius 3 is 2.71 bits per heavy atom. The number of carbonyl (C=O) groups is 1. The Labute approximate surface area is 133 Å². The molecule has 21 heavy (non-hydrogen) atoms. The zero-order chi connectivity index (χ0) is 15.8. The van der Waals surface area contributed by atoms with Gasteiger partial charge in [-0.15, -0.1) is 0 Å². The minimum absolute atomic E-state index is 0.00435. The van der Waals surface area contributed by atoms with Crippen LogP contribution in [0.15, 0.2) is 22.7 Å². The van der Waals surface area contributed by atoms with Gasteiger partial charge in [0.05, 0.1) is 10.7 Å². The fourth-order valence-corrected chi connectivity index (χ4v) is 3.94. The quantitative estimate of drug-likeness (QED) is 0.441. The maximum Gasteiger partial charge on any atom is 0.293 e. The van der Waals surface area contributed by atoms with E-state index in [1.54, 1.807) is 0 Å². The number of hydrogen-bond acceptors (Lipinski definition) is 5. The first-order valence-corrected chi connectivity index (χ1v) is 9.11. The minimum atomic E-state index is -3.72. The van der Waals surface area contributed by atoms with Crippen molar-refractivity contribution in [3.8, 4) is 0 Å². The van der Waals surface area contributed by atoms with Crippen LogP contribution in [0, 0.1) is 16.0 Å². The van der Waals surface area contributed by atoms with Crippen molar-refractivity contribution < 1.29 is 18.1 Å². The Kier molecular flexibility index (Phi) is 4.54. The molecule has 0 bridgehead atoms. The van der Waals surface area contributed by atoms with Crippen LogP contribution in [0.2, 0.25) is 0 Å². The van der Waals surface area contributed by atoms with Crippen LogP contribution in [0.4, 0.5) is 11.4 Å². The van der Waals surface area contributed by atoms with E-state index in [0.29, 0.717) is 4.47 Å². The number of rotatable bonds is 4. The summed E-state index contributed by atoms with van der Waals surface area (Å²) in [4.78, 5) is 23.7. The van der Waals surface area contributed by atoms with Gasteiger partial charge in [-0.05, 0) is 12.1 Å². The first kappa shape index (κ1) is 16.2. The third-order valence-corrected chi connectivity index (χ3v) is 4.81. The molecule has 1 atom stereocenters. The van der Waals surface area contributed by atoms with E-state index in [1.807, 2.05) is 0 Å². The lowest BCUT2D eigenvalue weighted by molar-refractivity contribution is -0.384. The predicted molar refractivity (Wildman–Crippen MR) is 80.9 cm³/mol. The number of nitro benzene ring substituents is 1. The third-order valence-electron chi connectivity index (χ3n) is 3.06. The van der Waals surface area contributed by atoms with Crippen LogP contribution in [-0.4, -0.2) is 31.5 Å². The van der Waals surface area contributed by atoms with Gasteiger partial charge in [0, 0.05) is 40.1 Å². The number of anilines is 1. The lowest BCUT2D eigenvalue weighted by Gasteiger charge is -2.16. The average Bonchev–Trinajstić information content (AvgIpc) is 2.66. The van der Waals surface area contributed by atoms with Crippen LogP contribution in [0.25, 0.3) is 0 Å². The predicted octanol–water partition coefficient (Wildman–Crippen LogP) is 2.28. The summed E-state index contributed by atoms with van der Waals surface area (Å²) in [7, 11) is 1.47. The van der Waals surface area contributed by atoms with E-state index in [0.717, 1.165) is 0 Å². The second-order valence-electron chi connectivity index (χ2n) is 4.67. The van der Waals surface area contributed by atoms with E-state index in [1.165, 1.54) is 23.1 Å². The molecule has 1 saturated heterocycles. The Bertz CT molecular complexity index is 709. The van der Waals surface area contributed by atoms with Crippen molar-refractivity contribution >= 4 is 52.9 Å². The van der Waals surface area contributed by atoms with E-state index in [2.05, 4.69) is 15.9 Å². The summed E-state index contributed by atoms with van der Waals surface area (Å²) in [6.07, 6.45) is -0.00435. The van der Waals surface area contributed by atoms with Crippen LogP contribution in [0.5, 0.6) is 0 Å². The van der Waals surface area contributed by atoms with Crippen molar-refractivity contribution in [2.24, 2.45) is 5.92 Å². The molecule has 1 heterocycles. The van der Waals surface area contributed by atoms with Crippen LogP contribution in [0.3, 0.4) is 0 Å². The first-order valence-electron chi connectivity index (χ1n) is 5.84. The molecule has 1 fully saturated rings. The third kappa shape index (κ3) is 3.92. The van der Waals surface area contributed by atoms with Crippen molar-refractivity contribution in [3.63, 3.8) is 0 Å². The fourth-order valence-electron chi connectivity index (χ4n) is 2.27. The maximum absolute atomic E-state index is 12.0. The molecule has 114 valence electrons. The summed E-state index contributed by atoms with van der Waals surface area (Å²) in [5, 5.41) is 11.0. The van der Waals surface area contributed by atoms with Crippen molar-refractivity contribution in [2.45, 2.75) is 6.42 Å². The van der Waals surface area contributed by atoms with Gasteiger partial charge in [0.15, 0.2) is 0 Å². The molecule has 0 spiro atoms. The zero-order valence-electron chi connectivity index (χ0n) is 10.5. The van der Waals surface area contributed by atoms with Crippen molar-refractivity contribution in [3.05, 3.63) is 32.8 Å². The van der Waals surface area contributed by atoms with Crippen molar-refractivity contribution in [1.29, 1.82) is 0 Å². The SMILES string of the molecule is O=C1CC(CS(=O)(=O)Cl)CN1c1cc(Br)ccc1[N+](=O)[O-]. The lowest BCUT2D eigenvalue weighted by atomic mass is 10.1. The molecule has 0 aliphatic carbocycles. The van der Waals surface area contributed by atoms with E-state index >= 15 is 0 Å². The van der Waals surface area contributed by atoms with E-state index in [9.17, 15) is 23.3 Å². The van der Waals surface area contributed by atoms with Crippen LogP contribution >= 0.6 is 26.6 Å². The number of nitro groups is 1. The van der Waals surface area contributed by atoms with Crippen molar-refractivity contribution in [2.75, 3.05) is 17.2 Å². The highest BCUT2D eigenvalue weighted by atomic mass is 79.9. The molecule has 0 saturated carbocycles. The standard InChI is InChI=1S/C11H10BrClN2O5S/c12-8-1-2-9(15(17)18)10(4-8)14-5-7(3-11(14)16)6-21(13,19)20/h1-2,4,7H,3,5-6H2. The highest BCUT2D eigenvalue weighted by Crippen LogP contribution is 2.35. The highest BCUT2D eigenvalue weighted by molar-refractivity contribution is 9.10. The Hall–Kier alpha value is -1.19.